The Balaban J connectivity index is 1.44. The Bertz CT molecular complexity index is 1170. The summed E-state index contributed by atoms with van der Waals surface area (Å²) in [5, 5.41) is 6.17. The van der Waals surface area contributed by atoms with Crippen LogP contribution in [0.1, 0.15) is 11.3 Å². The molecule has 0 aromatic carbocycles. The summed E-state index contributed by atoms with van der Waals surface area (Å²) < 4.78 is 3.89. The fourth-order valence-electron chi connectivity index (χ4n) is 3.43. The van der Waals surface area contributed by atoms with Crippen LogP contribution >= 0.6 is 0 Å². The van der Waals surface area contributed by atoms with Gasteiger partial charge in [-0.25, -0.2) is 15.0 Å². The molecular weight excluding hydrogens is 368 g/mol. The largest absolute Gasteiger partial charge is 0.304 e. The van der Waals surface area contributed by atoms with Crippen molar-refractivity contribution >= 4 is 17.3 Å². The molecule has 10 heteroatoms. The zero-order chi connectivity index (χ0) is 20.0. The molecule has 29 heavy (non-hydrogen) atoms. The summed E-state index contributed by atoms with van der Waals surface area (Å²) in [6.07, 6.45) is 9.51. The lowest BCUT2D eigenvalue weighted by molar-refractivity contribution is 0.395. The number of hydrogen-bond donors (Lipinski definition) is 2. The summed E-state index contributed by atoms with van der Waals surface area (Å²) in [6.45, 7) is 1.46. The zero-order valence-electron chi connectivity index (χ0n) is 16.5. The SMILES string of the molecule is CN(C)Cc1cnc2ccc(CN3NNc4ncc(-c5cnn(C)c5)nc43)cn12. The second-order valence-corrected chi connectivity index (χ2v) is 7.41. The molecule has 5 rings (SSSR count). The molecule has 0 bridgehead atoms. The van der Waals surface area contributed by atoms with E-state index in [1.165, 1.54) is 0 Å². The van der Waals surface area contributed by atoms with Gasteiger partial charge in [0.2, 0.25) is 0 Å². The number of nitrogens with zero attached hydrogens (tertiary/aromatic N) is 8. The molecule has 0 aliphatic carbocycles. The van der Waals surface area contributed by atoms with Crippen molar-refractivity contribution in [3.05, 3.63) is 54.4 Å². The summed E-state index contributed by atoms with van der Waals surface area (Å²) in [4.78, 5) is 15.9. The second kappa shape index (κ2) is 6.83. The van der Waals surface area contributed by atoms with Crippen molar-refractivity contribution in [1.29, 1.82) is 0 Å². The third-order valence-corrected chi connectivity index (χ3v) is 4.78. The Kier molecular flexibility index (Phi) is 4.14. The van der Waals surface area contributed by atoms with E-state index in [-0.39, 0.29) is 0 Å². The average Bonchev–Trinajstić information content (AvgIpc) is 3.41. The second-order valence-electron chi connectivity index (χ2n) is 7.41. The van der Waals surface area contributed by atoms with Crippen molar-refractivity contribution in [2.45, 2.75) is 13.1 Å². The van der Waals surface area contributed by atoms with Gasteiger partial charge in [-0.05, 0) is 25.7 Å². The van der Waals surface area contributed by atoms with Crippen molar-refractivity contribution < 1.29 is 0 Å². The molecule has 0 saturated carbocycles. The number of aromatic nitrogens is 6. The Morgan fingerprint density at radius 3 is 2.76 bits per heavy atom. The van der Waals surface area contributed by atoms with Gasteiger partial charge in [0.1, 0.15) is 5.65 Å². The molecule has 0 saturated heterocycles. The number of hydrogen-bond acceptors (Lipinski definition) is 8. The molecule has 0 fully saturated rings. The van der Waals surface area contributed by atoms with Gasteiger partial charge < -0.3 is 9.30 Å². The van der Waals surface area contributed by atoms with Gasteiger partial charge >= 0.3 is 0 Å². The van der Waals surface area contributed by atoms with E-state index in [0.29, 0.717) is 12.4 Å². The highest BCUT2D eigenvalue weighted by Crippen LogP contribution is 2.28. The number of fused-ring (bicyclic) bond motifs is 2. The van der Waals surface area contributed by atoms with E-state index in [4.69, 9.17) is 4.98 Å². The smallest absolute Gasteiger partial charge is 0.190 e. The summed E-state index contributed by atoms with van der Waals surface area (Å²) in [7, 11) is 5.99. The molecule has 4 aromatic heterocycles. The van der Waals surface area contributed by atoms with Crippen molar-refractivity contribution in [2.75, 3.05) is 24.5 Å². The number of nitrogens with one attached hydrogen (secondary N) is 2. The van der Waals surface area contributed by atoms with Gasteiger partial charge in [-0.2, -0.15) is 5.10 Å². The third kappa shape index (κ3) is 3.28. The van der Waals surface area contributed by atoms with E-state index >= 15 is 0 Å². The molecule has 0 radical (unpaired) electrons. The monoisotopic (exact) mass is 390 g/mol. The molecule has 5 heterocycles. The lowest BCUT2D eigenvalue weighted by Crippen LogP contribution is -2.35. The lowest BCUT2D eigenvalue weighted by Gasteiger charge is -2.17. The maximum Gasteiger partial charge on any atom is 0.190 e. The molecule has 0 unspecified atom stereocenters. The van der Waals surface area contributed by atoms with Gasteiger partial charge in [0, 0.05) is 31.5 Å². The standard InChI is InChI=1S/C19H22N10/c1-26(2)12-15-7-20-17-5-4-13(9-28(15)17)10-29-19-18(24-25-29)21-8-16(23-19)14-6-22-27(3)11-14/h4-9,11,25H,10,12H2,1-3H3,(H,21,24). The molecular formula is C19H22N10. The van der Waals surface area contributed by atoms with Crippen molar-refractivity contribution in [3.63, 3.8) is 0 Å². The molecule has 4 aromatic rings. The highest BCUT2D eigenvalue weighted by atomic mass is 15.7. The van der Waals surface area contributed by atoms with Crippen LogP contribution in [0.2, 0.25) is 0 Å². The van der Waals surface area contributed by atoms with Crippen LogP contribution in [0.15, 0.2) is 43.1 Å². The van der Waals surface area contributed by atoms with Crippen LogP contribution in [0.4, 0.5) is 11.6 Å². The third-order valence-electron chi connectivity index (χ3n) is 4.78. The van der Waals surface area contributed by atoms with Crippen LogP contribution in [0.25, 0.3) is 16.9 Å². The van der Waals surface area contributed by atoms with E-state index in [9.17, 15) is 0 Å². The van der Waals surface area contributed by atoms with E-state index < -0.39 is 0 Å². The first kappa shape index (κ1) is 17.6. The summed E-state index contributed by atoms with van der Waals surface area (Å²) in [5.74, 6) is 1.46. The topological polar surface area (TPSA) is 91.4 Å². The maximum atomic E-state index is 4.78. The Morgan fingerprint density at radius 2 is 1.97 bits per heavy atom. The van der Waals surface area contributed by atoms with Gasteiger partial charge in [-0.1, -0.05) is 6.07 Å². The summed E-state index contributed by atoms with van der Waals surface area (Å²) >= 11 is 0. The number of aryl methyl sites for hydroxylation is 1. The predicted molar refractivity (Wildman–Crippen MR) is 110 cm³/mol. The summed E-state index contributed by atoms with van der Waals surface area (Å²) in [6, 6.07) is 4.12. The molecule has 0 spiro atoms. The molecule has 1 aliphatic rings. The highest BCUT2D eigenvalue weighted by Gasteiger charge is 2.23. The summed E-state index contributed by atoms with van der Waals surface area (Å²) in [5.41, 5.74) is 11.2. The number of pyridine rings is 1. The zero-order valence-corrected chi connectivity index (χ0v) is 16.5. The average molecular weight is 390 g/mol. The van der Waals surface area contributed by atoms with E-state index in [2.05, 4.69) is 61.7 Å². The molecule has 1 aliphatic heterocycles. The molecule has 10 nitrogen and oxygen atoms in total. The first-order valence-corrected chi connectivity index (χ1v) is 9.32. The minimum absolute atomic E-state index is 0.626. The van der Waals surface area contributed by atoms with Crippen LogP contribution in [0, 0.1) is 0 Å². The maximum absolute atomic E-state index is 4.78. The van der Waals surface area contributed by atoms with Crippen LogP contribution in [-0.4, -0.2) is 48.1 Å². The fourth-order valence-corrected chi connectivity index (χ4v) is 3.43. The Labute approximate surface area is 167 Å². The normalized spacial score (nSPS) is 13.3. The minimum atomic E-state index is 0.626. The van der Waals surface area contributed by atoms with Crippen molar-refractivity contribution in [1.82, 2.24) is 39.6 Å². The van der Waals surface area contributed by atoms with E-state index in [1.807, 2.05) is 30.5 Å². The van der Waals surface area contributed by atoms with Crippen molar-refractivity contribution in [3.8, 4) is 11.3 Å². The first-order chi connectivity index (χ1) is 14.1. The lowest BCUT2D eigenvalue weighted by atomic mass is 10.2. The van der Waals surface area contributed by atoms with Gasteiger partial charge in [0.25, 0.3) is 0 Å². The number of imidazole rings is 1. The number of anilines is 2. The molecule has 2 N–H and O–H groups in total. The van der Waals surface area contributed by atoms with E-state index in [0.717, 1.165) is 40.5 Å². The van der Waals surface area contributed by atoms with Gasteiger partial charge in [-0.3, -0.25) is 15.1 Å². The first-order valence-electron chi connectivity index (χ1n) is 9.32. The highest BCUT2D eigenvalue weighted by molar-refractivity contribution is 5.69. The molecule has 0 amide bonds. The van der Waals surface area contributed by atoms with Crippen molar-refractivity contribution in [2.24, 2.45) is 7.05 Å². The van der Waals surface area contributed by atoms with Gasteiger partial charge in [0.05, 0.1) is 36.5 Å². The Morgan fingerprint density at radius 1 is 1.07 bits per heavy atom. The number of hydrazine groups is 2. The van der Waals surface area contributed by atoms with Crippen LogP contribution in [0.3, 0.4) is 0 Å². The molecule has 148 valence electrons. The molecule has 0 atom stereocenters. The van der Waals surface area contributed by atoms with Crippen LogP contribution < -0.4 is 16.0 Å². The Hall–Kier alpha value is -3.50. The quantitative estimate of drug-likeness (QED) is 0.529. The number of rotatable bonds is 5. The predicted octanol–water partition coefficient (Wildman–Crippen LogP) is 1.44. The van der Waals surface area contributed by atoms with Crippen LogP contribution in [0.5, 0.6) is 0 Å². The minimum Gasteiger partial charge on any atom is -0.304 e. The van der Waals surface area contributed by atoms with Crippen LogP contribution in [-0.2, 0) is 20.1 Å². The van der Waals surface area contributed by atoms with E-state index in [1.54, 1.807) is 17.1 Å². The fraction of sp³-hybridized carbons (Fsp3) is 0.263. The van der Waals surface area contributed by atoms with Gasteiger partial charge in [0.15, 0.2) is 11.6 Å². The van der Waals surface area contributed by atoms with Gasteiger partial charge in [-0.15, -0.1) is 5.53 Å².